The van der Waals surface area contributed by atoms with Crippen molar-refractivity contribution in [1.82, 2.24) is 5.32 Å². The summed E-state index contributed by atoms with van der Waals surface area (Å²) in [4.78, 5) is 25.2. The molecule has 0 radical (unpaired) electrons. The molecule has 0 unspecified atom stereocenters. The summed E-state index contributed by atoms with van der Waals surface area (Å²) in [6.45, 7) is 6.00. The Bertz CT molecular complexity index is 1080. The average molecular weight is 446 g/mol. The van der Waals surface area contributed by atoms with Crippen LogP contribution < -0.4 is 20.7 Å². The van der Waals surface area contributed by atoms with Gasteiger partial charge in [0, 0.05) is 17.3 Å². The number of para-hydroxylation sites is 2. The second-order valence-corrected chi connectivity index (χ2v) is 7.93. The Morgan fingerprint density at radius 1 is 0.879 bits per heavy atom. The Morgan fingerprint density at radius 3 is 2.18 bits per heavy atom. The minimum absolute atomic E-state index is 0.0395. The first kappa shape index (κ1) is 24.0. The van der Waals surface area contributed by atoms with Gasteiger partial charge in [-0.2, -0.15) is 0 Å². The molecule has 0 aliphatic heterocycles. The van der Waals surface area contributed by atoms with Crippen molar-refractivity contribution >= 4 is 23.2 Å². The number of aryl methyl sites for hydroxylation is 1. The lowest BCUT2D eigenvalue weighted by Crippen LogP contribution is -2.39. The van der Waals surface area contributed by atoms with Crippen LogP contribution in [0.3, 0.4) is 0 Å². The number of carbonyl (C=O) groups is 2. The van der Waals surface area contributed by atoms with Crippen LogP contribution in [0, 0.1) is 0 Å². The summed E-state index contributed by atoms with van der Waals surface area (Å²) in [7, 11) is 1.56. The van der Waals surface area contributed by atoms with Crippen molar-refractivity contribution in [3.63, 3.8) is 0 Å². The average Bonchev–Trinajstić information content (AvgIpc) is 2.84. The highest BCUT2D eigenvalue weighted by atomic mass is 16.5. The van der Waals surface area contributed by atoms with Crippen molar-refractivity contribution in [1.29, 1.82) is 0 Å². The highest BCUT2D eigenvalue weighted by Gasteiger charge is 2.17. The first-order chi connectivity index (χ1) is 15.9. The molecule has 3 aromatic carbocycles. The van der Waals surface area contributed by atoms with Crippen molar-refractivity contribution in [2.75, 3.05) is 17.7 Å². The van der Waals surface area contributed by atoms with Gasteiger partial charge in [-0.1, -0.05) is 43.3 Å². The second kappa shape index (κ2) is 11.3. The summed E-state index contributed by atoms with van der Waals surface area (Å²) in [5.41, 5.74) is 4.13. The van der Waals surface area contributed by atoms with E-state index in [1.165, 1.54) is 5.56 Å². The molecule has 0 fully saturated rings. The number of amides is 2. The van der Waals surface area contributed by atoms with E-state index >= 15 is 0 Å². The zero-order valence-corrected chi connectivity index (χ0v) is 19.5. The summed E-state index contributed by atoms with van der Waals surface area (Å²) < 4.78 is 5.27. The normalized spacial score (nSPS) is 12.5. The Morgan fingerprint density at radius 2 is 1.55 bits per heavy atom. The minimum atomic E-state index is -0.389. The van der Waals surface area contributed by atoms with E-state index in [4.69, 9.17) is 4.74 Å². The van der Waals surface area contributed by atoms with Crippen molar-refractivity contribution in [3.8, 4) is 5.75 Å². The number of carbonyl (C=O) groups excluding carboxylic acids is 2. The molecule has 0 aliphatic carbocycles. The number of benzene rings is 3. The molecule has 0 aliphatic rings. The lowest BCUT2D eigenvalue weighted by Gasteiger charge is -2.20. The second-order valence-electron chi connectivity index (χ2n) is 7.93. The Balaban J connectivity index is 1.55. The largest absolute Gasteiger partial charge is 0.495 e. The van der Waals surface area contributed by atoms with Gasteiger partial charge in [0.05, 0.1) is 18.8 Å². The monoisotopic (exact) mass is 445 g/mol. The maximum Gasteiger partial charge on any atom is 0.255 e. The number of ether oxygens (including phenoxy) is 1. The molecular formula is C27H31N3O3. The lowest BCUT2D eigenvalue weighted by molar-refractivity contribution is -0.117. The number of rotatable bonds is 9. The molecule has 33 heavy (non-hydrogen) atoms. The van der Waals surface area contributed by atoms with Gasteiger partial charge in [0.25, 0.3) is 5.91 Å². The summed E-state index contributed by atoms with van der Waals surface area (Å²) in [5, 5.41) is 9.07. The van der Waals surface area contributed by atoms with E-state index in [-0.39, 0.29) is 23.9 Å². The maximum atomic E-state index is 12.6. The number of hydrogen-bond donors (Lipinski definition) is 3. The highest BCUT2D eigenvalue weighted by molar-refractivity contribution is 6.05. The third-order valence-electron chi connectivity index (χ3n) is 5.55. The summed E-state index contributed by atoms with van der Waals surface area (Å²) in [6.07, 6.45) is 1.00. The quantitative estimate of drug-likeness (QED) is 0.424. The van der Waals surface area contributed by atoms with Crippen LogP contribution in [-0.4, -0.2) is 25.0 Å². The molecule has 2 atom stereocenters. The van der Waals surface area contributed by atoms with E-state index in [1.54, 1.807) is 43.5 Å². The van der Waals surface area contributed by atoms with Crippen molar-refractivity contribution < 1.29 is 14.3 Å². The number of anilines is 2. The molecule has 3 N–H and O–H groups in total. The van der Waals surface area contributed by atoms with Crippen molar-refractivity contribution in [3.05, 3.63) is 89.5 Å². The van der Waals surface area contributed by atoms with Crippen LogP contribution in [0.5, 0.6) is 5.75 Å². The molecule has 0 bridgehead atoms. The third kappa shape index (κ3) is 6.43. The third-order valence-corrected chi connectivity index (χ3v) is 5.55. The Kier molecular flexibility index (Phi) is 8.22. The van der Waals surface area contributed by atoms with Gasteiger partial charge in [-0.25, -0.2) is 0 Å². The maximum absolute atomic E-state index is 12.6. The van der Waals surface area contributed by atoms with Gasteiger partial charge >= 0.3 is 0 Å². The van der Waals surface area contributed by atoms with E-state index in [1.807, 2.05) is 26.0 Å². The van der Waals surface area contributed by atoms with Crippen LogP contribution in [-0.2, 0) is 11.2 Å². The molecule has 0 saturated heterocycles. The smallest absolute Gasteiger partial charge is 0.255 e. The van der Waals surface area contributed by atoms with Gasteiger partial charge in [-0.05, 0) is 67.8 Å². The fraction of sp³-hybridized carbons (Fsp3) is 0.259. The molecule has 172 valence electrons. The molecule has 0 saturated carbocycles. The van der Waals surface area contributed by atoms with E-state index in [2.05, 4.69) is 47.1 Å². The Labute approximate surface area is 195 Å². The molecule has 6 nitrogen and oxygen atoms in total. The SMILES string of the molecule is CCc1ccc([C@H](C)N[C@@H](C)C(=O)Nc2ccc(C(=O)Nc3ccccc3OC)cc2)cc1. The predicted molar refractivity (Wildman–Crippen MR) is 133 cm³/mol. The number of methoxy groups -OCH3 is 1. The molecule has 0 aromatic heterocycles. The van der Waals surface area contributed by atoms with Crippen LogP contribution in [0.15, 0.2) is 72.8 Å². The summed E-state index contributed by atoms with van der Waals surface area (Å²) in [5.74, 6) is 0.195. The molecule has 3 rings (SSSR count). The van der Waals surface area contributed by atoms with Gasteiger partial charge in [-0.15, -0.1) is 0 Å². The van der Waals surface area contributed by atoms with Gasteiger partial charge in [0.1, 0.15) is 5.75 Å². The fourth-order valence-corrected chi connectivity index (χ4v) is 3.49. The van der Waals surface area contributed by atoms with Crippen molar-refractivity contribution in [2.45, 2.75) is 39.3 Å². The van der Waals surface area contributed by atoms with Crippen LogP contribution >= 0.6 is 0 Å². The van der Waals surface area contributed by atoms with E-state index < -0.39 is 0 Å². The van der Waals surface area contributed by atoms with E-state index in [0.717, 1.165) is 12.0 Å². The molecule has 3 aromatic rings. The van der Waals surface area contributed by atoms with Crippen molar-refractivity contribution in [2.24, 2.45) is 0 Å². The zero-order valence-electron chi connectivity index (χ0n) is 19.5. The standard InChI is InChI=1S/C27H31N3O3/c1-5-20-10-12-21(13-11-20)18(2)28-19(3)26(31)29-23-16-14-22(15-17-23)27(32)30-24-8-6-7-9-25(24)33-4/h6-19,28H,5H2,1-4H3,(H,29,31)(H,30,32)/t18-,19-/m0/s1. The van der Waals surface area contributed by atoms with Gasteiger partial charge in [0.15, 0.2) is 0 Å². The molecule has 2 amide bonds. The Hall–Kier alpha value is -3.64. The zero-order chi connectivity index (χ0) is 23.8. The van der Waals surface area contributed by atoms with Crippen LogP contribution in [0.25, 0.3) is 0 Å². The van der Waals surface area contributed by atoms with Gasteiger partial charge in [-0.3, -0.25) is 14.9 Å². The molecule has 6 heteroatoms. The van der Waals surface area contributed by atoms with Gasteiger partial charge < -0.3 is 15.4 Å². The van der Waals surface area contributed by atoms with E-state index in [9.17, 15) is 9.59 Å². The van der Waals surface area contributed by atoms with E-state index in [0.29, 0.717) is 22.7 Å². The predicted octanol–water partition coefficient (Wildman–Crippen LogP) is 5.19. The first-order valence-corrected chi connectivity index (χ1v) is 11.1. The molecular weight excluding hydrogens is 414 g/mol. The number of hydrogen-bond acceptors (Lipinski definition) is 4. The lowest BCUT2D eigenvalue weighted by atomic mass is 10.0. The first-order valence-electron chi connectivity index (χ1n) is 11.1. The minimum Gasteiger partial charge on any atom is -0.495 e. The van der Waals surface area contributed by atoms with Crippen LogP contribution in [0.2, 0.25) is 0 Å². The van der Waals surface area contributed by atoms with Crippen LogP contribution in [0.1, 0.15) is 48.3 Å². The highest BCUT2D eigenvalue weighted by Crippen LogP contribution is 2.24. The number of nitrogens with one attached hydrogen (secondary N) is 3. The molecule has 0 spiro atoms. The summed E-state index contributed by atoms with van der Waals surface area (Å²) in [6, 6.07) is 22.1. The topological polar surface area (TPSA) is 79.5 Å². The molecule has 0 heterocycles. The van der Waals surface area contributed by atoms with Gasteiger partial charge in [0.2, 0.25) is 5.91 Å². The summed E-state index contributed by atoms with van der Waals surface area (Å²) >= 11 is 0. The fourth-order valence-electron chi connectivity index (χ4n) is 3.49. The van der Waals surface area contributed by atoms with Crippen LogP contribution in [0.4, 0.5) is 11.4 Å².